The van der Waals surface area contributed by atoms with Gasteiger partial charge in [0.2, 0.25) is 0 Å². The SMILES string of the molecule is O=Cc1ccc(OC2CCCCCC2O)c(C(F)(F)F)c1. The largest absolute Gasteiger partial charge is 0.487 e. The van der Waals surface area contributed by atoms with E-state index >= 15 is 0 Å². The summed E-state index contributed by atoms with van der Waals surface area (Å²) in [4.78, 5) is 10.6. The molecule has 3 nitrogen and oxygen atoms in total. The number of aldehydes is 1. The Morgan fingerprint density at radius 3 is 2.57 bits per heavy atom. The molecule has 1 aromatic rings. The lowest BCUT2D eigenvalue weighted by Crippen LogP contribution is -2.31. The molecule has 0 radical (unpaired) electrons. The van der Waals surface area contributed by atoms with Crippen molar-refractivity contribution < 1.29 is 27.8 Å². The van der Waals surface area contributed by atoms with Crippen molar-refractivity contribution in [1.82, 2.24) is 0 Å². The van der Waals surface area contributed by atoms with Gasteiger partial charge in [0.15, 0.2) is 0 Å². The lowest BCUT2D eigenvalue weighted by molar-refractivity contribution is -0.139. The van der Waals surface area contributed by atoms with Crippen LogP contribution in [0.5, 0.6) is 5.75 Å². The summed E-state index contributed by atoms with van der Waals surface area (Å²) in [6.07, 6.45) is -2.01. The van der Waals surface area contributed by atoms with Crippen LogP contribution in [0.4, 0.5) is 13.2 Å². The molecule has 1 aromatic carbocycles. The standard InChI is InChI=1S/C15H17F3O3/c16-15(17,18)11-8-10(9-19)6-7-13(11)21-14-5-3-1-2-4-12(14)20/h6-9,12,14,20H,1-5H2. The van der Waals surface area contributed by atoms with Crippen LogP contribution < -0.4 is 4.74 Å². The summed E-state index contributed by atoms with van der Waals surface area (Å²) in [5, 5.41) is 9.94. The molecule has 0 bridgehead atoms. The van der Waals surface area contributed by atoms with E-state index in [1.165, 1.54) is 6.07 Å². The third kappa shape index (κ3) is 3.97. The molecule has 116 valence electrons. The van der Waals surface area contributed by atoms with E-state index in [2.05, 4.69) is 0 Å². The fraction of sp³-hybridized carbons (Fsp3) is 0.533. The van der Waals surface area contributed by atoms with Gasteiger partial charge >= 0.3 is 6.18 Å². The number of alkyl halides is 3. The Hall–Kier alpha value is -1.56. The number of ether oxygens (including phenoxy) is 1. The summed E-state index contributed by atoms with van der Waals surface area (Å²) in [5.74, 6) is -0.334. The minimum Gasteiger partial charge on any atom is -0.487 e. The number of benzene rings is 1. The van der Waals surface area contributed by atoms with Crippen LogP contribution in [0, 0.1) is 0 Å². The van der Waals surface area contributed by atoms with Crippen LogP contribution >= 0.6 is 0 Å². The molecule has 1 aliphatic carbocycles. The highest BCUT2D eigenvalue weighted by Gasteiger charge is 2.36. The van der Waals surface area contributed by atoms with Gasteiger partial charge in [0, 0.05) is 5.56 Å². The molecule has 1 aliphatic rings. The lowest BCUT2D eigenvalue weighted by Gasteiger charge is -2.24. The van der Waals surface area contributed by atoms with E-state index in [9.17, 15) is 23.1 Å². The van der Waals surface area contributed by atoms with Gasteiger partial charge in [-0.15, -0.1) is 0 Å². The predicted octanol–water partition coefficient (Wildman–Crippen LogP) is 3.59. The molecule has 0 saturated heterocycles. The zero-order chi connectivity index (χ0) is 15.5. The van der Waals surface area contributed by atoms with Crippen LogP contribution in [0.3, 0.4) is 0 Å². The van der Waals surface area contributed by atoms with E-state index in [0.717, 1.165) is 31.4 Å². The van der Waals surface area contributed by atoms with E-state index in [-0.39, 0.29) is 11.3 Å². The third-order valence-corrected chi connectivity index (χ3v) is 3.64. The van der Waals surface area contributed by atoms with E-state index in [1.54, 1.807) is 0 Å². The number of aliphatic hydroxyl groups excluding tert-OH is 1. The number of rotatable bonds is 3. The van der Waals surface area contributed by atoms with Gasteiger partial charge in [0.25, 0.3) is 0 Å². The van der Waals surface area contributed by atoms with Crippen LogP contribution in [0.2, 0.25) is 0 Å². The number of halogens is 3. The van der Waals surface area contributed by atoms with Crippen LogP contribution in [-0.4, -0.2) is 23.6 Å². The van der Waals surface area contributed by atoms with Gasteiger partial charge in [0.1, 0.15) is 18.1 Å². The van der Waals surface area contributed by atoms with Gasteiger partial charge in [-0.25, -0.2) is 0 Å². The first-order valence-electron chi connectivity index (χ1n) is 6.93. The quantitative estimate of drug-likeness (QED) is 0.685. The Morgan fingerprint density at radius 1 is 1.19 bits per heavy atom. The summed E-state index contributed by atoms with van der Waals surface area (Å²) >= 11 is 0. The van der Waals surface area contributed by atoms with Crippen molar-refractivity contribution in [3.63, 3.8) is 0 Å². The number of hydrogen-bond donors (Lipinski definition) is 1. The summed E-state index contributed by atoms with van der Waals surface area (Å²) in [5.41, 5.74) is -1.04. The Bertz CT molecular complexity index is 499. The van der Waals surface area contributed by atoms with Gasteiger partial charge in [-0.05, 0) is 37.5 Å². The molecule has 1 saturated carbocycles. The maximum atomic E-state index is 13.0. The Balaban J connectivity index is 2.28. The highest BCUT2D eigenvalue weighted by Crippen LogP contribution is 2.38. The highest BCUT2D eigenvalue weighted by atomic mass is 19.4. The average molecular weight is 302 g/mol. The van der Waals surface area contributed by atoms with Crippen molar-refractivity contribution in [1.29, 1.82) is 0 Å². The molecule has 2 unspecified atom stereocenters. The van der Waals surface area contributed by atoms with Gasteiger partial charge in [0.05, 0.1) is 11.7 Å². The summed E-state index contributed by atoms with van der Waals surface area (Å²) < 4.78 is 44.5. The fourth-order valence-electron chi connectivity index (χ4n) is 2.50. The molecule has 0 amide bonds. The van der Waals surface area contributed by atoms with Crippen LogP contribution in [-0.2, 0) is 6.18 Å². The number of aliphatic hydroxyl groups is 1. The molecule has 1 N–H and O–H groups in total. The molecule has 2 atom stereocenters. The highest BCUT2D eigenvalue weighted by molar-refractivity contribution is 5.75. The molecular weight excluding hydrogens is 285 g/mol. The summed E-state index contributed by atoms with van der Waals surface area (Å²) in [7, 11) is 0. The van der Waals surface area contributed by atoms with Crippen molar-refractivity contribution >= 4 is 6.29 Å². The van der Waals surface area contributed by atoms with Crippen LogP contribution in [0.1, 0.15) is 48.0 Å². The van der Waals surface area contributed by atoms with E-state index in [1.807, 2.05) is 0 Å². The maximum absolute atomic E-state index is 13.0. The zero-order valence-electron chi connectivity index (χ0n) is 11.4. The topological polar surface area (TPSA) is 46.5 Å². The molecule has 1 fully saturated rings. The monoisotopic (exact) mass is 302 g/mol. The van der Waals surface area contributed by atoms with Crippen molar-refractivity contribution in [2.45, 2.75) is 50.5 Å². The first-order chi connectivity index (χ1) is 9.91. The lowest BCUT2D eigenvalue weighted by atomic mass is 10.1. The predicted molar refractivity (Wildman–Crippen MR) is 70.3 cm³/mol. The first-order valence-corrected chi connectivity index (χ1v) is 6.93. The van der Waals surface area contributed by atoms with Crippen molar-refractivity contribution in [3.05, 3.63) is 29.3 Å². The molecule has 0 heterocycles. The molecule has 0 spiro atoms. The van der Waals surface area contributed by atoms with E-state index in [0.29, 0.717) is 19.1 Å². The summed E-state index contributed by atoms with van der Waals surface area (Å²) in [6.45, 7) is 0. The normalized spacial score (nSPS) is 23.4. The van der Waals surface area contributed by atoms with E-state index < -0.39 is 23.9 Å². The Kier molecular flexibility index (Phi) is 4.88. The summed E-state index contributed by atoms with van der Waals surface area (Å²) in [6, 6.07) is 3.19. The maximum Gasteiger partial charge on any atom is 0.419 e. The smallest absolute Gasteiger partial charge is 0.419 e. The molecular formula is C15H17F3O3. The van der Waals surface area contributed by atoms with Crippen molar-refractivity contribution in [2.24, 2.45) is 0 Å². The first kappa shape index (κ1) is 15.8. The van der Waals surface area contributed by atoms with Gasteiger partial charge in [-0.2, -0.15) is 13.2 Å². The van der Waals surface area contributed by atoms with Gasteiger partial charge in [-0.1, -0.05) is 12.8 Å². The third-order valence-electron chi connectivity index (χ3n) is 3.64. The fourth-order valence-corrected chi connectivity index (χ4v) is 2.50. The zero-order valence-corrected chi connectivity index (χ0v) is 11.4. The van der Waals surface area contributed by atoms with E-state index in [4.69, 9.17) is 4.74 Å². The minimum atomic E-state index is -4.61. The second kappa shape index (κ2) is 6.47. The minimum absolute atomic E-state index is 0.0592. The molecule has 2 rings (SSSR count). The number of carbonyl (C=O) groups excluding carboxylic acids is 1. The number of carbonyl (C=O) groups is 1. The van der Waals surface area contributed by atoms with Crippen LogP contribution in [0.15, 0.2) is 18.2 Å². The van der Waals surface area contributed by atoms with Crippen LogP contribution in [0.25, 0.3) is 0 Å². The Morgan fingerprint density at radius 2 is 1.90 bits per heavy atom. The van der Waals surface area contributed by atoms with Crippen molar-refractivity contribution in [3.8, 4) is 5.75 Å². The second-order valence-corrected chi connectivity index (χ2v) is 5.23. The number of hydrogen-bond acceptors (Lipinski definition) is 3. The molecule has 6 heteroatoms. The Labute approximate surface area is 120 Å². The second-order valence-electron chi connectivity index (χ2n) is 5.23. The van der Waals surface area contributed by atoms with Gasteiger partial charge in [-0.3, -0.25) is 4.79 Å². The van der Waals surface area contributed by atoms with Crippen molar-refractivity contribution in [2.75, 3.05) is 0 Å². The molecule has 0 aliphatic heterocycles. The molecule has 21 heavy (non-hydrogen) atoms. The van der Waals surface area contributed by atoms with Gasteiger partial charge < -0.3 is 9.84 Å². The average Bonchev–Trinajstić information content (AvgIpc) is 2.63. The molecule has 0 aromatic heterocycles.